The van der Waals surface area contributed by atoms with Crippen molar-refractivity contribution in [3.63, 3.8) is 0 Å². The standard InChI is InChI=1S/C20H20N4O2/c25-19(16-12-26-23-17(16)14-5-2-1-3-6-14)24-10-4-8-20(13-24)9-7-15-11-21-22-18(15)20/h1-3,5-6,11-12H,4,7-10,13H2,(H,21,22). The van der Waals surface area contributed by atoms with Crippen LogP contribution >= 0.6 is 0 Å². The Hall–Kier alpha value is -2.89. The summed E-state index contributed by atoms with van der Waals surface area (Å²) in [5.74, 6) is -0.00265. The second-order valence-corrected chi connectivity index (χ2v) is 7.32. The van der Waals surface area contributed by atoms with Crippen LogP contribution in [0.5, 0.6) is 0 Å². The number of nitrogens with zero attached hydrogens (tertiary/aromatic N) is 3. The SMILES string of the molecule is O=C(c1conc1-c1ccccc1)N1CCCC2(CCc3cn[nH]c32)C1. The summed E-state index contributed by atoms with van der Waals surface area (Å²) in [7, 11) is 0. The van der Waals surface area contributed by atoms with Crippen LogP contribution in [0.25, 0.3) is 11.3 Å². The fourth-order valence-electron chi connectivity index (χ4n) is 4.54. The number of hydrogen-bond donors (Lipinski definition) is 1. The molecule has 5 rings (SSSR count). The highest BCUT2D eigenvalue weighted by molar-refractivity contribution is 5.99. The molecule has 1 amide bonds. The molecule has 3 aromatic rings. The number of H-pyrrole nitrogens is 1. The van der Waals surface area contributed by atoms with Crippen LogP contribution in [0.4, 0.5) is 0 Å². The molecule has 2 aliphatic rings. The summed E-state index contributed by atoms with van der Waals surface area (Å²) in [5.41, 5.74) is 4.59. The minimum atomic E-state index is -0.00265. The van der Waals surface area contributed by atoms with Crippen molar-refractivity contribution < 1.29 is 9.32 Å². The molecule has 1 fully saturated rings. The van der Waals surface area contributed by atoms with Gasteiger partial charge in [0.1, 0.15) is 17.5 Å². The lowest BCUT2D eigenvalue weighted by Gasteiger charge is -2.40. The molecule has 1 N–H and O–H groups in total. The molecular weight excluding hydrogens is 328 g/mol. The predicted molar refractivity (Wildman–Crippen MR) is 95.7 cm³/mol. The van der Waals surface area contributed by atoms with E-state index < -0.39 is 0 Å². The Morgan fingerprint density at radius 1 is 1.23 bits per heavy atom. The number of likely N-dealkylation sites (tertiary alicyclic amines) is 1. The minimum absolute atomic E-state index is 0.00265. The molecule has 0 bridgehead atoms. The topological polar surface area (TPSA) is 75.0 Å². The number of benzene rings is 1. The van der Waals surface area contributed by atoms with E-state index >= 15 is 0 Å². The molecule has 0 saturated carbocycles. The summed E-state index contributed by atoms with van der Waals surface area (Å²) in [6, 6.07) is 9.71. The van der Waals surface area contributed by atoms with Gasteiger partial charge in [0, 0.05) is 29.8 Å². The molecule has 1 aromatic carbocycles. The van der Waals surface area contributed by atoms with Gasteiger partial charge in [0.2, 0.25) is 0 Å². The second kappa shape index (κ2) is 5.83. The van der Waals surface area contributed by atoms with Gasteiger partial charge in [-0.25, -0.2) is 0 Å². The quantitative estimate of drug-likeness (QED) is 0.772. The average Bonchev–Trinajstić information content (AvgIpc) is 3.41. The molecule has 26 heavy (non-hydrogen) atoms. The lowest BCUT2D eigenvalue weighted by molar-refractivity contribution is 0.0633. The summed E-state index contributed by atoms with van der Waals surface area (Å²) < 4.78 is 5.16. The van der Waals surface area contributed by atoms with Crippen LogP contribution in [0, 0.1) is 0 Å². The summed E-state index contributed by atoms with van der Waals surface area (Å²) >= 11 is 0. The van der Waals surface area contributed by atoms with Gasteiger partial charge in [-0.3, -0.25) is 9.89 Å². The van der Waals surface area contributed by atoms with E-state index in [0.717, 1.165) is 44.3 Å². The first-order valence-corrected chi connectivity index (χ1v) is 9.09. The molecule has 2 aromatic heterocycles. The van der Waals surface area contributed by atoms with Gasteiger partial charge in [-0.15, -0.1) is 0 Å². The van der Waals surface area contributed by atoms with E-state index in [1.807, 2.05) is 41.4 Å². The molecular formula is C20H20N4O2. The summed E-state index contributed by atoms with van der Waals surface area (Å²) in [6.45, 7) is 1.49. The van der Waals surface area contributed by atoms with Gasteiger partial charge in [-0.05, 0) is 31.2 Å². The third kappa shape index (κ3) is 2.29. The number of carbonyl (C=O) groups excluding carboxylic acids is 1. The van der Waals surface area contributed by atoms with Crippen LogP contribution in [-0.4, -0.2) is 39.3 Å². The van der Waals surface area contributed by atoms with Gasteiger partial charge in [0.05, 0.1) is 6.20 Å². The number of amides is 1. The first kappa shape index (κ1) is 15.4. The van der Waals surface area contributed by atoms with Gasteiger partial charge in [0.25, 0.3) is 5.91 Å². The Balaban J connectivity index is 1.45. The third-order valence-electron chi connectivity index (χ3n) is 5.83. The smallest absolute Gasteiger partial charge is 0.259 e. The minimum Gasteiger partial charge on any atom is -0.363 e. The number of aromatic nitrogens is 3. The Morgan fingerprint density at radius 3 is 3.00 bits per heavy atom. The Labute approximate surface area is 151 Å². The van der Waals surface area contributed by atoms with E-state index in [9.17, 15) is 4.79 Å². The molecule has 0 radical (unpaired) electrons. The fourth-order valence-corrected chi connectivity index (χ4v) is 4.54. The number of aromatic amines is 1. The molecule has 3 heterocycles. The van der Waals surface area contributed by atoms with Crippen molar-refractivity contribution in [2.45, 2.75) is 31.1 Å². The Bertz CT molecular complexity index is 946. The Kier molecular flexibility index (Phi) is 3.45. The fraction of sp³-hybridized carbons (Fsp3) is 0.350. The number of hydrogen-bond acceptors (Lipinski definition) is 4. The van der Waals surface area contributed by atoms with Crippen molar-refractivity contribution in [3.8, 4) is 11.3 Å². The summed E-state index contributed by atoms with van der Waals surface area (Å²) in [5, 5.41) is 11.5. The maximum Gasteiger partial charge on any atom is 0.259 e. The van der Waals surface area contributed by atoms with E-state index in [0.29, 0.717) is 11.3 Å². The van der Waals surface area contributed by atoms with Crippen LogP contribution in [0.15, 0.2) is 47.3 Å². The number of carbonyl (C=O) groups is 1. The average molecular weight is 348 g/mol. The molecule has 1 aliphatic carbocycles. The van der Waals surface area contributed by atoms with Crippen molar-refractivity contribution in [2.24, 2.45) is 0 Å². The molecule has 1 saturated heterocycles. The number of fused-ring (bicyclic) bond motifs is 2. The molecule has 132 valence electrons. The number of piperidine rings is 1. The first-order valence-electron chi connectivity index (χ1n) is 9.09. The van der Waals surface area contributed by atoms with Crippen LogP contribution in [-0.2, 0) is 11.8 Å². The van der Waals surface area contributed by atoms with Gasteiger partial charge in [-0.2, -0.15) is 5.10 Å². The number of aryl methyl sites for hydroxylation is 1. The van der Waals surface area contributed by atoms with Gasteiger partial charge >= 0.3 is 0 Å². The maximum atomic E-state index is 13.2. The lowest BCUT2D eigenvalue weighted by atomic mass is 9.77. The van der Waals surface area contributed by atoms with E-state index in [-0.39, 0.29) is 11.3 Å². The molecule has 6 nitrogen and oxygen atoms in total. The zero-order valence-electron chi connectivity index (χ0n) is 14.4. The molecule has 1 atom stereocenters. The van der Waals surface area contributed by atoms with Crippen molar-refractivity contribution in [2.75, 3.05) is 13.1 Å². The van der Waals surface area contributed by atoms with Crippen molar-refractivity contribution in [1.82, 2.24) is 20.3 Å². The Morgan fingerprint density at radius 2 is 2.12 bits per heavy atom. The largest absolute Gasteiger partial charge is 0.363 e. The zero-order chi connectivity index (χ0) is 17.6. The van der Waals surface area contributed by atoms with Gasteiger partial charge in [-0.1, -0.05) is 35.5 Å². The first-order chi connectivity index (χ1) is 12.8. The van der Waals surface area contributed by atoms with Crippen molar-refractivity contribution >= 4 is 5.91 Å². The zero-order valence-corrected chi connectivity index (χ0v) is 14.4. The van der Waals surface area contributed by atoms with E-state index in [1.165, 1.54) is 17.5 Å². The summed E-state index contributed by atoms with van der Waals surface area (Å²) in [6.07, 6.45) is 7.61. The van der Waals surface area contributed by atoms with Crippen LogP contribution < -0.4 is 0 Å². The van der Waals surface area contributed by atoms with E-state index in [4.69, 9.17) is 4.52 Å². The monoisotopic (exact) mass is 348 g/mol. The van der Waals surface area contributed by atoms with Gasteiger partial charge < -0.3 is 9.42 Å². The van der Waals surface area contributed by atoms with Crippen molar-refractivity contribution in [3.05, 3.63) is 59.6 Å². The highest BCUT2D eigenvalue weighted by Crippen LogP contribution is 2.44. The van der Waals surface area contributed by atoms with E-state index in [1.54, 1.807) is 0 Å². The molecule has 1 unspecified atom stereocenters. The highest BCUT2D eigenvalue weighted by atomic mass is 16.5. The van der Waals surface area contributed by atoms with Crippen molar-refractivity contribution in [1.29, 1.82) is 0 Å². The van der Waals surface area contributed by atoms with Crippen LogP contribution in [0.3, 0.4) is 0 Å². The predicted octanol–water partition coefficient (Wildman–Crippen LogP) is 3.18. The number of nitrogens with one attached hydrogen (secondary N) is 1. The third-order valence-corrected chi connectivity index (χ3v) is 5.83. The van der Waals surface area contributed by atoms with Crippen LogP contribution in [0.2, 0.25) is 0 Å². The maximum absolute atomic E-state index is 13.2. The van der Waals surface area contributed by atoms with Gasteiger partial charge in [0.15, 0.2) is 0 Å². The molecule has 6 heteroatoms. The lowest BCUT2D eigenvalue weighted by Crippen LogP contribution is -2.47. The summed E-state index contributed by atoms with van der Waals surface area (Å²) in [4.78, 5) is 15.2. The normalized spacial score (nSPS) is 21.9. The van der Waals surface area contributed by atoms with Crippen LogP contribution in [0.1, 0.15) is 40.9 Å². The van der Waals surface area contributed by atoms with E-state index in [2.05, 4.69) is 15.4 Å². The molecule has 1 spiro atoms. The number of rotatable bonds is 2. The molecule has 1 aliphatic heterocycles. The second-order valence-electron chi connectivity index (χ2n) is 7.32. The highest BCUT2D eigenvalue weighted by Gasteiger charge is 2.45.